The lowest BCUT2D eigenvalue weighted by molar-refractivity contribution is 0.789. The molecule has 0 radical (unpaired) electrons. The number of benzene rings is 2. The number of halogens is 1. The fraction of sp³-hybridized carbons (Fsp3) is 0.316. The van der Waals surface area contributed by atoms with Gasteiger partial charge in [-0.15, -0.1) is 0 Å². The predicted octanol–water partition coefficient (Wildman–Crippen LogP) is 5.26. The normalized spacial score (nSPS) is 11.3. The van der Waals surface area contributed by atoms with Crippen LogP contribution in [0.15, 0.2) is 42.5 Å². The van der Waals surface area contributed by atoms with Gasteiger partial charge in [0.05, 0.1) is 11.4 Å². The molecule has 0 atom stereocenters. The van der Waals surface area contributed by atoms with Gasteiger partial charge in [0.2, 0.25) is 0 Å². The van der Waals surface area contributed by atoms with Crippen molar-refractivity contribution < 1.29 is 0 Å². The number of hydrogen-bond donors (Lipinski definition) is 1. The van der Waals surface area contributed by atoms with E-state index >= 15 is 0 Å². The van der Waals surface area contributed by atoms with Gasteiger partial charge >= 0.3 is 0 Å². The topological polar surface area (TPSA) is 55.6 Å². The fourth-order valence-corrected chi connectivity index (χ4v) is 3.23. The summed E-state index contributed by atoms with van der Waals surface area (Å²) >= 11 is 2.34. The molecule has 0 fully saturated rings. The minimum atomic E-state index is 0.501. The molecule has 1 heterocycles. The summed E-state index contributed by atoms with van der Waals surface area (Å²) in [5.41, 5.74) is 4.55. The minimum Gasteiger partial charge on any atom is -0.322 e. The lowest BCUT2D eigenvalue weighted by Gasteiger charge is -2.12. The van der Waals surface area contributed by atoms with Crippen LogP contribution in [0.4, 0.5) is 11.6 Å². The molecule has 0 amide bonds. The highest BCUT2D eigenvalue weighted by molar-refractivity contribution is 14.1. The SMILES string of the molecule is CC(C)c1ccc(-n2nnnc2Nc2ccc(C(C)C)cc2I)cc1. The van der Waals surface area contributed by atoms with E-state index in [1.54, 1.807) is 4.68 Å². The van der Waals surface area contributed by atoms with Crippen LogP contribution in [0.1, 0.15) is 50.7 Å². The summed E-state index contributed by atoms with van der Waals surface area (Å²) in [6.45, 7) is 8.75. The summed E-state index contributed by atoms with van der Waals surface area (Å²) in [6, 6.07) is 14.7. The van der Waals surface area contributed by atoms with Gasteiger partial charge in [-0.25, -0.2) is 0 Å². The molecular formula is C19H22IN5. The van der Waals surface area contributed by atoms with Gasteiger partial charge < -0.3 is 5.32 Å². The molecule has 0 aliphatic heterocycles. The molecule has 6 heteroatoms. The van der Waals surface area contributed by atoms with Crippen molar-refractivity contribution in [3.8, 4) is 5.69 Å². The first-order chi connectivity index (χ1) is 12.0. The first-order valence-corrected chi connectivity index (χ1v) is 9.48. The Morgan fingerprint density at radius 2 is 1.56 bits per heavy atom. The Morgan fingerprint density at radius 3 is 2.16 bits per heavy atom. The minimum absolute atomic E-state index is 0.501. The smallest absolute Gasteiger partial charge is 0.252 e. The van der Waals surface area contributed by atoms with Gasteiger partial charge in [0, 0.05) is 3.57 Å². The van der Waals surface area contributed by atoms with Gasteiger partial charge in [-0.3, -0.25) is 0 Å². The average molecular weight is 447 g/mol. The van der Waals surface area contributed by atoms with Gasteiger partial charge in [0.15, 0.2) is 0 Å². The fourth-order valence-electron chi connectivity index (χ4n) is 2.55. The van der Waals surface area contributed by atoms with Crippen LogP contribution in [0.3, 0.4) is 0 Å². The third-order valence-corrected chi connectivity index (χ3v) is 5.07. The summed E-state index contributed by atoms with van der Waals surface area (Å²) in [5.74, 6) is 1.61. The number of rotatable bonds is 5. The summed E-state index contributed by atoms with van der Waals surface area (Å²) in [6.07, 6.45) is 0. The number of nitrogens with one attached hydrogen (secondary N) is 1. The van der Waals surface area contributed by atoms with E-state index in [-0.39, 0.29) is 0 Å². The second-order valence-electron chi connectivity index (χ2n) is 6.68. The zero-order valence-electron chi connectivity index (χ0n) is 14.9. The lowest BCUT2D eigenvalue weighted by Crippen LogP contribution is -2.05. The number of nitrogens with zero attached hydrogens (tertiary/aromatic N) is 4. The maximum Gasteiger partial charge on any atom is 0.252 e. The first kappa shape index (κ1) is 17.8. The largest absolute Gasteiger partial charge is 0.322 e. The second-order valence-corrected chi connectivity index (χ2v) is 7.84. The zero-order valence-corrected chi connectivity index (χ0v) is 17.0. The van der Waals surface area contributed by atoms with E-state index < -0.39 is 0 Å². The van der Waals surface area contributed by atoms with Crippen molar-refractivity contribution in [2.75, 3.05) is 5.32 Å². The Kier molecular flexibility index (Phi) is 5.36. The molecule has 0 spiro atoms. The maximum absolute atomic E-state index is 4.13. The summed E-state index contributed by atoms with van der Waals surface area (Å²) < 4.78 is 2.87. The number of anilines is 2. The Balaban J connectivity index is 1.87. The van der Waals surface area contributed by atoms with Gasteiger partial charge in [-0.1, -0.05) is 51.0 Å². The van der Waals surface area contributed by atoms with Crippen LogP contribution in [0.2, 0.25) is 0 Å². The van der Waals surface area contributed by atoms with Crippen LogP contribution >= 0.6 is 22.6 Å². The summed E-state index contributed by atoms with van der Waals surface area (Å²) in [4.78, 5) is 0. The molecule has 130 valence electrons. The highest BCUT2D eigenvalue weighted by Crippen LogP contribution is 2.26. The third-order valence-electron chi connectivity index (χ3n) is 4.18. The number of tetrazole rings is 1. The molecule has 0 aliphatic carbocycles. The van der Waals surface area contributed by atoms with Gasteiger partial charge in [0.1, 0.15) is 0 Å². The molecular weight excluding hydrogens is 425 g/mol. The van der Waals surface area contributed by atoms with Crippen LogP contribution in [0, 0.1) is 3.57 Å². The van der Waals surface area contributed by atoms with E-state index in [1.165, 1.54) is 11.1 Å². The molecule has 0 aliphatic rings. The van der Waals surface area contributed by atoms with E-state index in [0.29, 0.717) is 17.8 Å². The van der Waals surface area contributed by atoms with Crippen molar-refractivity contribution in [3.05, 3.63) is 57.2 Å². The van der Waals surface area contributed by atoms with Crippen LogP contribution in [0.25, 0.3) is 5.69 Å². The predicted molar refractivity (Wildman–Crippen MR) is 110 cm³/mol. The molecule has 1 N–H and O–H groups in total. The average Bonchev–Trinajstić information content (AvgIpc) is 3.04. The van der Waals surface area contributed by atoms with E-state index in [4.69, 9.17) is 0 Å². The van der Waals surface area contributed by atoms with Crippen LogP contribution in [-0.4, -0.2) is 20.2 Å². The van der Waals surface area contributed by atoms with Crippen molar-refractivity contribution >= 4 is 34.2 Å². The highest BCUT2D eigenvalue weighted by atomic mass is 127. The number of hydrogen-bond acceptors (Lipinski definition) is 4. The molecule has 3 aromatic rings. The van der Waals surface area contributed by atoms with Gasteiger partial charge in [0.25, 0.3) is 5.95 Å². The monoisotopic (exact) mass is 447 g/mol. The summed E-state index contributed by atoms with van der Waals surface area (Å²) in [5, 5.41) is 15.4. The molecule has 1 aromatic heterocycles. The lowest BCUT2D eigenvalue weighted by atomic mass is 10.0. The van der Waals surface area contributed by atoms with E-state index in [1.807, 2.05) is 12.1 Å². The van der Waals surface area contributed by atoms with Crippen LogP contribution in [0.5, 0.6) is 0 Å². The number of aromatic nitrogens is 4. The molecule has 5 nitrogen and oxygen atoms in total. The molecule has 0 saturated heterocycles. The molecule has 25 heavy (non-hydrogen) atoms. The van der Waals surface area contributed by atoms with E-state index in [9.17, 15) is 0 Å². The molecule has 3 rings (SSSR count). The van der Waals surface area contributed by atoms with Gasteiger partial charge in [-0.05, 0) is 80.2 Å². The van der Waals surface area contributed by atoms with Gasteiger partial charge in [-0.2, -0.15) is 4.68 Å². The first-order valence-electron chi connectivity index (χ1n) is 8.41. The second kappa shape index (κ2) is 7.51. The Hall–Kier alpha value is -1.96. The van der Waals surface area contributed by atoms with Crippen molar-refractivity contribution in [1.29, 1.82) is 0 Å². The standard InChI is InChI=1S/C19H22IN5/c1-12(2)14-5-8-16(9-6-14)25-19(22-23-24-25)21-18-10-7-15(13(3)4)11-17(18)20/h5-13H,1-4H3,(H,21,22,24). The van der Waals surface area contributed by atoms with E-state index in [2.05, 4.69) is 101 Å². The van der Waals surface area contributed by atoms with Crippen LogP contribution < -0.4 is 5.32 Å². The highest BCUT2D eigenvalue weighted by Gasteiger charge is 2.11. The third kappa shape index (κ3) is 4.00. The molecule has 0 unspecified atom stereocenters. The van der Waals surface area contributed by atoms with Crippen molar-refractivity contribution in [2.45, 2.75) is 39.5 Å². The van der Waals surface area contributed by atoms with Crippen molar-refractivity contribution in [2.24, 2.45) is 0 Å². The quantitative estimate of drug-likeness (QED) is 0.543. The van der Waals surface area contributed by atoms with Crippen molar-refractivity contribution in [1.82, 2.24) is 20.2 Å². The van der Waals surface area contributed by atoms with E-state index in [0.717, 1.165) is 14.9 Å². The van der Waals surface area contributed by atoms with Crippen LogP contribution in [-0.2, 0) is 0 Å². The Labute approximate surface area is 162 Å². The Morgan fingerprint density at radius 1 is 0.920 bits per heavy atom. The molecule has 0 bridgehead atoms. The molecule has 0 saturated carbocycles. The van der Waals surface area contributed by atoms with Crippen molar-refractivity contribution in [3.63, 3.8) is 0 Å². The summed E-state index contributed by atoms with van der Waals surface area (Å²) in [7, 11) is 0. The zero-order chi connectivity index (χ0) is 18.0. The maximum atomic E-state index is 4.13. The molecule has 2 aromatic carbocycles. The Bertz CT molecular complexity index is 853.